The first kappa shape index (κ1) is 18.4. The molecule has 1 atom stereocenters. The van der Waals surface area contributed by atoms with Crippen molar-refractivity contribution in [3.8, 4) is 11.5 Å². The number of aromatic amines is 1. The third-order valence-corrected chi connectivity index (χ3v) is 5.89. The zero-order chi connectivity index (χ0) is 19.5. The summed E-state index contributed by atoms with van der Waals surface area (Å²) in [6, 6.07) is 15.9. The number of benzene rings is 2. The molecular formula is C21H21N3O3S. The summed E-state index contributed by atoms with van der Waals surface area (Å²) < 4.78 is 11.8. The molecule has 0 fully saturated rings. The summed E-state index contributed by atoms with van der Waals surface area (Å²) in [7, 11) is 1.63. The summed E-state index contributed by atoms with van der Waals surface area (Å²) in [5.74, 6) is 2.22. The van der Waals surface area contributed by atoms with Crippen molar-refractivity contribution in [3.05, 3.63) is 70.9 Å². The second kappa shape index (κ2) is 7.98. The van der Waals surface area contributed by atoms with Crippen LogP contribution in [0.3, 0.4) is 0 Å². The van der Waals surface area contributed by atoms with Gasteiger partial charge in [-0.3, -0.25) is 9.89 Å². The van der Waals surface area contributed by atoms with Gasteiger partial charge in [-0.15, -0.1) is 11.8 Å². The quantitative estimate of drug-likeness (QED) is 0.681. The molecule has 1 aliphatic rings. The van der Waals surface area contributed by atoms with Crippen LogP contribution >= 0.6 is 11.8 Å². The number of ether oxygens (including phenoxy) is 2. The van der Waals surface area contributed by atoms with Crippen LogP contribution in [0.1, 0.15) is 27.6 Å². The number of amides is 1. The monoisotopic (exact) mass is 395 g/mol. The van der Waals surface area contributed by atoms with Crippen LogP contribution in [0.4, 0.5) is 5.82 Å². The number of thioether (sulfide) groups is 1. The Kier molecular flexibility index (Phi) is 5.25. The molecule has 4 rings (SSSR count). The van der Waals surface area contributed by atoms with Gasteiger partial charge in [-0.1, -0.05) is 42.5 Å². The Balaban J connectivity index is 1.75. The number of hydrogen-bond acceptors (Lipinski definition) is 5. The summed E-state index contributed by atoms with van der Waals surface area (Å²) in [6.45, 7) is 2.39. The number of carbonyl (C=O) groups is 1. The largest absolute Gasteiger partial charge is 0.493 e. The van der Waals surface area contributed by atoms with Gasteiger partial charge in [-0.2, -0.15) is 5.10 Å². The fourth-order valence-corrected chi connectivity index (χ4v) is 4.50. The van der Waals surface area contributed by atoms with Gasteiger partial charge in [0.2, 0.25) is 5.91 Å². The average Bonchev–Trinajstić information content (AvgIpc) is 2.98. The van der Waals surface area contributed by atoms with Gasteiger partial charge >= 0.3 is 0 Å². The Morgan fingerprint density at radius 2 is 2.00 bits per heavy atom. The van der Waals surface area contributed by atoms with Gasteiger partial charge < -0.3 is 14.8 Å². The summed E-state index contributed by atoms with van der Waals surface area (Å²) >= 11 is 1.55. The number of para-hydroxylation sites is 1. The molecule has 0 spiro atoms. The number of aryl methyl sites for hydroxylation is 1. The molecule has 0 saturated carbocycles. The number of nitrogens with one attached hydrogen (secondary N) is 2. The number of rotatable bonds is 5. The summed E-state index contributed by atoms with van der Waals surface area (Å²) in [5.41, 5.74) is 3.92. The highest BCUT2D eigenvalue weighted by atomic mass is 32.2. The third kappa shape index (κ3) is 3.57. The molecule has 0 saturated heterocycles. The lowest BCUT2D eigenvalue weighted by Gasteiger charge is -2.21. The molecule has 1 amide bonds. The molecule has 0 radical (unpaired) electrons. The third-order valence-electron chi connectivity index (χ3n) is 4.63. The Morgan fingerprint density at radius 1 is 1.18 bits per heavy atom. The van der Waals surface area contributed by atoms with Crippen molar-refractivity contribution in [2.75, 3.05) is 18.2 Å². The first-order valence-corrected chi connectivity index (χ1v) is 10.0. The SMILES string of the molecule is COc1cccc([C@H]2SCC(=O)Nc3n[nH]c(C)c32)c1OCc1ccccc1. The molecule has 3 aromatic rings. The normalized spacial score (nSPS) is 16.1. The van der Waals surface area contributed by atoms with Gasteiger partial charge in [0.15, 0.2) is 17.3 Å². The highest BCUT2D eigenvalue weighted by molar-refractivity contribution is 8.00. The number of aromatic nitrogens is 2. The number of nitrogens with zero attached hydrogens (tertiary/aromatic N) is 1. The van der Waals surface area contributed by atoms with Crippen LogP contribution in [0.2, 0.25) is 0 Å². The summed E-state index contributed by atoms with van der Waals surface area (Å²) in [6.07, 6.45) is 0. The predicted molar refractivity (Wildman–Crippen MR) is 110 cm³/mol. The molecule has 0 unspecified atom stereocenters. The molecule has 0 aliphatic carbocycles. The van der Waals surface area contributed by atoms with Crippen molar-refractivity contribution in [2.24, 2.45) is 0 Å². The van der Waals surface area contributed by atoms with Crippen LogP contribution in [0.5, 0.6) is 11.5 Å². The fraction of sp³-hybridized carbons (Fsp3) is 0.238. The van der Waals surface area contributed by atoms with E-state index in [1.807, 2.05) is 55.5 Å². The number of anilines is 1. The minimum Gasteiger partial charge on any atom is -0.493 e. The molecule has 28 heavy (non-hydrogen) atoms. The van der Waals surface area contributed by atoms with Crippen molar-refractivity contribution in [2.45, 2.75) is 18.8 Å². The van der Waals surface area contributed by atoms with Crippen molar-refractivity contribution >= 4 is 23.5 Å². The molecular weight excluding hydrogens is 374 g/mol. The van der Waals surface area contributed by atoms with Gasteiger partial charge in [0.25, 0.3) is 0 Å². The first-order valence-electron chi connectivity index (χ1n) is 8.97. The number of fused-ring (bicyclic) bond motifs is 1. The van der Waals surface area contributed by atoms with E-state index >= 15 is 0 Å². The number of methoxy groups -OCH3 is 1. The molecule has 2 heterocycles. The van der Waals surface area contributed by atoms with E-state index in [9.17, 15) is 4.79 Å². The van der Waals surface area contributed by atoms with Crippen molar-refractivity contribution < 1.29 is 14.3 Å². The van der Waals surface area contributed by atoms with Crippen LogP contribution in [0.25, 0.3) is 0 Å². The Bertz CT molecular complexity index is 988. The molecule has 1 aromatic heterocycles. The van der Waals surface area contributed by atoms with E-state index in [0.29, 0.717) is 29.7 Å². The van der Waals surface area contributed by atoms with Crippen LogP contribution in [-0.2, 0) is 11.4 Å². The molecule has 2 aromatic carbocycles. The van der Waals surface area contributed by atoms with E-state index in [4.69, 9.17) is 9.47 Å². The fourth-order valence-electron chi connectivity index (χ4n) is 3.29. The van der Waals surface area contributed by atoms with E-state index in [1.165, 1.54) is 0 Å². The Labute approximate surface area is 167 Å². The Morgan fingerprint density at radius 3 is 2.79 bits per heavy atom. The van der Waals surface area contributed by atoms with Gasteiger partial charge in [0, 0.05) is 16.8 Å². The molecule has 2 N–H and O–H groups in total. The lowest BCUT2D eigenvalue weighted by Crippen LogP contribution is -2.12. The van der Waals surface area contributed by atoms with Crippen molar-refractivity contribution in [1.82, 2.24) is 10.2 Å². The van der Waals surface area contributed by atoms with Crippen LogP contribution in [-0.4, -0.2) is 29.0 Å². The molecule has 144 valence electrons. The smallest absolute Gasteiger partial charge is 0.235 e. The minimum atomic E-state index is -0.103. The second-order valence-corrected chi connectivity index (χ2v) is 7.60. The Hall–Kier alpha value is -2.93. The van der Waals surface area contributed by atoms with Crippen molar-refractivity contribution in [1.29, 1.82) is 0 Å². The molecule has 6 nitrogen and oxygen atoms in total. The van der Waals surface area contributed by atoms with Gasteiger partial charge in [0.05, 0.1) is 18.1 Å². The van der Waals surface area contributed by atoms with E-state index in [0.717, 1.165) is 22.4 Å². The maximum absolute atomic E-state index is 12.1. The second-order valence-electron chi connectivity index (χ2n) is 6.50. The molecule has 7 heteroatoms. The minimum absolute atomic E-state index is 0.0603. The maximum Gasteiger partial charge on any atom is 0.235 e. The zero-order valence-corrected chi connectivity index (χ0v) is 16.5. The standard InChI is InChI=1S/C21H21N3O3S/c1-13-18-20(28-12-17(25)22-21(18)24-23-13)15-9-6-10-16(26-2)19(15)27-11-14-7-4-3-5-8-14/h3-10,20H,11-12H2,1-2H3,(H2,22,23,24,25)/t20-/m1/s1. The summed E-state index contributed by atoms with van der Waals surface area (Å²) in [5, 5.41) is 10.0. The molecule has 0 bridgehead atoms. The molecule has 1 aliphatic heterocycles. The van der Waals surface area contributed by atoms with Crippen LogP contribution in [0.15, 0.2) is 48.5 Å². The number of H-pyrrole nitrogens is 1. The lowest BCUT2D eigenvalue weighted by molar-refractivity contribution is -0.113. The van der Waals surface area contributed by atoms with E-state index < -0.39 is 0 Å². The van der Waals surface area contributed by atoms with Gasteiger partial charge in [-0.25, -0.2) is 0 Å². The van der Waals surface area contributed by atoms with Gasteiger partial charge in [0.1, 0.15) is 6.61 Å². The van der Waals surface area contributed by atoms with E-state index in [1.54, 1.807) is 18.9 Å². The van der Waals surface area contributed by atoms with Gasteiger partial charge in [-0.05, 0) is 18.6 Å². The highest BCUT2D eigenvalue weighted by Crippen LogP contribution is 2.47. The van der Waals surface area contributed by atoms with E-state index in [-0.39, 0.29) is 11.2 Å². The zero-order valence-electron chi connectivity index (χ0n) is 15.7. The summed E-state index contributed by atoms with van der Waals surface area (Å²) in [4.78, 5) is 12.1. The predicted octanol–water partition coefficient (Wildman–Crippen LogP) is 4.08. The lowest BCUT2D eigenvalue weighted by atomic mass is 10.0. The number of carbonyl (C=O) groups excluding carboxylic acids is 1. The topological polar surface area (TPSA) is 76.2 Å². The van der Waals surface area contributed by atoms with Crippen LogP contribution < -0.4 is 14.8 Å². The maximum atomic E-state index is 12.1. The van der Waals surface area contributed by atoms with Crippen molar-refractivity contribution in [3.63, 3.8) is 0 Å². The van der Waals surface area contributed by atoms with Crippen LogP contribution in [0, 0.1) is 6.92 Å². The number of hydrogen-bond donors (Lipinski definition) is 2. The van der Waals surface area contributed by atoms with E-state index in [2.05, 4.69) is 15.5 Å². The average molecular weight is 395 g/mol. The highest BCUT2D eigenvalue weighted by Gasteiger charge is 2.31. The first-order chi connectivity index (χ1) is 13.7.